The maximum Gasteiger partial charge on any atom is 0.121 e. The quantitative estimate of drug-likeness (QED) is 0.804. The molecule has 3 heteroatoms. The van der Waals surface area contributed by atoms with Gasteiger partial charge in [-0.15, -0.1) is 0 Å². The molecular formula is C12H11N3. The molecule has 0 aliphatic heterocycles. The van der Waals surface area contributed by atoms with E-state index in [0.717, 1.165) is 18.4 Å². The Morgan fingerprint density at radius 2 is 1.87 bits per heavy atom. The molecule has 0 amide bonds. The molecule has 0 bridgehead atoms. The third-order valence-corrected chi connectivity index (χ3v) is 2.48. The fraction of sp³-hybridized carbons (Fsp3) is 0.333. The second-order valence-electron chi connectivity index (χ2n) is 3.74. The summed E-state index contributed by atoms with van der Waals surface area (Å²) in [4.78, 5) is 0. The summed E-state index contributed by atoms with van der Waals surface area (Å²) in [5.74, 6) is 0. The molecule has 1 N–H and O–H groups in total. The highest BCUT2D eigenvalue weighted by molar-refractivity contribution is 5.34. The minimum atomic E-state index is -0.245. The lowest BCUT2D eigenvalue weighted by molar-refractivity contribution is 0.626. The Bertz CT molecular complexity index is 418. The lowest BCUT2D eigenvalue weighted by Crippen LogP contribution is -2.21. The van der Waals surface area contributed by atoms with Gasteiger partial charge in [-0.05, 0) is 30.5 Å². The lowest BCUT2D eigenvalue weighted by Gasteiger charge is -2.10. The standard InChI is InChI=1S/C12H11N3/c13-7-9-1-3-10(4-2-9)12(8-14)15-11-5-6-11/h1-4,11-12,15H,5-6H2. The van der Waals surface area contributed by atoms with Gasteiger partial charge in [0.2, 0.25) is 0 Å². The molecule has 15 heavy (non-hydrogen) atoms. The van der Waals surface area contributed by atoms with Crippen molar-refractivity contribution in [1.82, 2.24) is 5.32 Å². The van der Waals surface area contributed by atoms with Crippen LogP contribution in [0.25, 0.3) is 0 Å². The van der Waals surface area contributed by atoms with Crippen molar-refractivity contribution in [2.75, 3.05) is 0 Å². The number of rotatable bonds is 3. The van der Waals surface area contributed by atoms with Gasteiger partial charge in [-0.25, -0.2) is 0 Å². The van der Waals surface area contributed by atoms with Crippen LogP contribution >= 0.6 is 0 Å². The summed E-state index contributed by atoms with van der Waals surface area (Å²) in [5.41, 5.74) is 1.56. The first kappa shape index (κ1) is 9.71. The molecule has 0 saturated heterocycles. The Kier molecular flexibility index (Phi) is 2.67. The van der Waals surface area contributed by atoms with Crippen LogP contribution in [0.15, 0.2) is 24.3 Å². The van der Waals surface area contributed by atoms with Crippen molar-refractivity contribution in [3.05, 3.63) is 35.4 Å². The molecule has 2 rings (SSSR count). The van der Waals surface area contributed by atoms with E-state index in [4.69, 9.17) is 10.5 Å². The Morgan fingerprint density at radius 1 is 1.20 bits per heavy atom. The smallest absolute Gasteiger partial charge is 0.121 e. The van der Waals surface area contributed by atoms with Crippen LogP contribution in [-0.4, -0.2) is 6.04 Å². The minimum Gasteiger partial charge on any atom is -0.295 e. The summed E-state index contributed by atoms with van der Waals surface area (Å²) in [6.07, 6.45) is 2.32. The Morgan fingerprint density at radius 3 is 2.33 bits per heavy atom. The van der Waals surface area contributed by atoms with Crippen molar-refractivity contribution < 1.29 is 0 Å². The number of hydrogen-bond donors (Lipinski definition) is 1. The summed E-state index contributed by atoms with van der Waals surface area (Å²) >= 11 is 0. The van der Waals surface area contributed by atoms with E-state index in [9.17, 15) is 0 Å². The predicted octanol–water partition coefficient (Wildman–Crippen LogP) is 1.87. The summed E-state index contributed by atoms with van der Waals surface area (Å²) in [5, 5.41) is 20.9. The van der Waals surface area contributed by atoms with Gasteiger partial charge in [0.25, 0.3) is 0 Å². The van der Waals surface area contributed by atoms with Crippen LogP contribution in [0.2, 0.25) is 0 Å². The molecule has 1 atom stereocenters. The number of nitrogens with zero attached hydrogens (tertiary/aromatic N) is 2. The Hall–Kier alpha value is -1.84. The number of benzene rings is 1. The van der Waals surface area contributed by atoms with Gasteiger partial charge in [0.1, 0.15) is 6.04 Å². The second kappa shape index (κ2) is 4.13. The zero-order valence-corrected chi connectivity index (χ0v) is 8.27. The van der Waals surface area contributed by atoms with Gasteiger partial charge in [-0.2, -0.15) is 10.5 Å². The summed E-state index contributed by atoms with van der Waals surface area (Å²) in [7, 11) is 0. The van der Waals surface area contributed by atoms with E-state index < -0.39 is 0 Å². The van der Waals surface area contributed by atoms with E-state index in [1.165, 1.54) is 0 Å². The van der Waals surface area contributed by atoms with Crippen molar-refractivity contribution in [2.24, 2.45) is 0 Å². The van der Waals surface area contributed by atoms with Gasteiger partial charge < -0.3 is 0 Å². The molecule has 1 aliphatic carbocycles. The van der Waals surface area contributed by atoms with Gasteiger partial charge in [0.15, 0.2) is 0 Å². The zero-order valence-electron chi connectivity index (χ0n) is 8.27. The molecule has 1 saturated carbocycles. The fourth-order valence-corrected chi connectivity index (χ4v) is 1.44. The van der Waals surface area contributed by atoms with Gasteiger partial charge in [0, 0.05) is 6.04 Å². The highest BCUT2D eigenvalue weighted by atomic mass is 15.0. The van der Waals surface area contributed by atoms with Gasteiger partial charge in [-0.1, -0.05) is 12.1 Å². The molecular weight excluding hydrogens is 186 g/mol. The monoisotopic (exact) mass is 197 g/mol. The molecule has 0 heterocycles. The van der Waals surface area contributed by atoms with Crippen LogP contribution < -0.4 is 5.32 Å². The van der Waals surface area contributed by atoms with Crippen LogP contribution in [0.5, 0.6) is 0 Å². The number of hydrogen-bond acceptors (Lipinski definition) is 3. The number of nitrogens with one attached hydrogen (secondary N) is 1. The predicted molar refractivity (Wildman–Crippen MR) is 55.7 cm³/mol. The summed E-state index contributed by atoms with van der Waals surface area (Å²) in [6.45, 7) is 0. The molecule has 1 fully saturated rings. The number of nitriles is 2. The molecule has 0 aromatic heterocycles. The largest absolute Gasteiger partial charge is 0.295 e. The SMILES string of the molecule is N#Cc1ccc(C(C#N)NC2CC2)cc1. The third kappa shape index (κ3) is 2.34. The van der Waals surface area contributed by atoms with Crippen molar-refractivity contribution in [3.63, 3.8) is 0 Å². The van der Waals surface area contributed by atoms with Crippen LogP contribution in [0.1, 0.15) is 30.0 Å². The minimum absolute atomic E-state index is 0.245. The zero-order chi connectivity index (χ0) is 10.7. The van der Waals surface area contributed by atoms with Crippen molar-refractivity contribution >= 4 is 0 Å². The van der Waals surface area contributed by atoms with Crippen LogP contribution in [0.3, 0.4) is 0 Å². The molecule has 0 radical (unpaired) electrons. The first-order valence-corrected chi connectivity index (χ1v) is 4.99. The van der Waals surface area contributed by atoms with Crippen molar-refractivity contribution in [3.8, 4) is 12.1 Å². The van der Waals surface area contributed by atoms with Crippen molar-refractivity contribution in [1.29, 1.82) is 10.5 Å². The van der Waals surface area contributed by atoms with E-state index in [0.29, 0.717) is 11.6 Å². The van der Waals surface area contributed by atoms with E-state index in [1.807, 2.05) is 12.1 Å². The Labute approximate surface area is 89.0 Å². The third-order valence-electron chi connectivity index (χ3n) is 2.48. The molecule has 1 aromatic carbocycles. The second-order valence-corrected chi connectivity index (χ2v) is 3.74. The van der Waals surface area contributed by atoms with Gasteiger partial charge in [0.05, 0.1) is 17.7 Å². The van der Waals surface area contributed by atoms with E-state index in [-0.39, 0.29) is 6.04 Å². The molecule has 74 valence electrons. The lowest BCUT2D eigenvalue weighted by atomic mass is 10.1. The molecule has 1 aromatic rings. The maximum atomic E-state index is 9.01. The van der Waals surface area contributed by atoms with E-state index in [2.05, 4.69) is 17.5 Å². The van der Waals surface area contributed by atoms with Crippen LogP contribution in [0.4, 0.5) is 0 Å². The Balaban J connectivity index is 2.12. The van der Waals surface area contributed by atoms with E-state index >= 15 is 0 Å². The van der Waals surface area contributed by atoms with Crippen molar-refractivity contribution in [2.45, 2.75) is 24.9 Å². The normalized spacial score (nSPS) is 16.4. The molecule has 1 aliphatic rings. The van der Waals surface area contributed by atoms with Crippen LogP contribution in [-0.2, 0) is 0 Å². The first-order valence-electron chi connectivity index (χ1n) is 4.99. The first-order chi connectivity index (χ1) is 7.33. The molecule has 0 spiro atoms. The van der Waals surface area contributed by atoms with E-state index in [1.54, 1.807) is 12.1 Å². The average Bonchev–Trinajstić information content (AvgIpc) is 3.10. The topological polar surface area (TPSA) is 59.6 Å². The maximum absolute atomic E-state index is 9.01. The van der Waals surface area contributed by atoms with Gasteiger partial charge in [-0.3, -0.25) is 5.32 Å². The highest BCUT2D eigenvalue weighted by Crippen LogP contribution is 2.23. The summed E-state index contributed by atoms with van der Waals surface area (Å²) in [6, 6.07) is 11.7. The highest BCUT2D eigenvalue weighted by Gasteiger charge is 2.25. The average molecular weight is 197 g/mol. The van der Waals surface area contributed by atoms with Gasteiger partial charge >= 0.3 is 0 Å². The summed E-state index contributed by atoms with van der Waals surface area (Å²) < 4.78 is 0. The fourth-order valence-electron chi connectivity index (χ4n) is 1.44. The van der Waals surface area contributed by atoms with Crippen LogP contribution in [0, 0.1) is 22.7 Å². The molecule has 1 unspecified atom stereocenters. The molecule has 3 nitrogen and oxygen atoms in total.